The molecular weight excluding hydrogens is 573 g/mol. The van der Waals surface area contributed by atoms with E-state index in [1.165, 1.54) is 18.3 Å². The Morgan fingerprint density at radius 2 is 1.79 bits per heavy atom. The highest BCUT2D eigenvalue weighted by Crippen LogP contribution is 2.58. The van der Waals surface area contributed by atoms with E-state index in [4.69, 9.17) is 5.73 Å². The van der Waals surface area contributed by atoms with Crippen LogP contribution in [0.1, 0.15) is 68.2 Å². The number of benzene rings is 2. The predicted octanol–water partition coefficient (Wildman–Crippen LogP) is 4.80. The number of nitrogens with zero attached hydrogens (tertiary/aromatic N) is 3. The zero-order valence-corrected chi connectivity index (χ0v) is 22.2. The Balaban J connectivity index is 1.37. The third-order valence-electron chi connectivity index (χ3n) is 7.67. The molecule has 0 bridgehead atoms. The van der Waals surface area contributed by atoms with Gasteiger partial charge in [-0.25, -0.2) is 22.0 Å². The minimum Gasteiger partial charge on any atom is -0.366 e. The lowest BCUT2D eigenvalue weighted by Gasteiger charge is -2.22. The fraction of sp³-hybridized carbons (Fsp3) is 0.233. The van der Waals surface area contributed by atoms with Crippen LogP contribution < -0.4 is 11.1 Å². The van der Waals surface area contributed by atoms with Gasteiger partial charge in [0, 0.05) is 29.3 Å². The Hall–Kier alpha value is -4.94. The number of ketones is 1. The summed E-state index contributed by atoms with van der Waals surface area (Å²) in [5.74, 6) is -5.35. The molecule has 2 aliphatic carbocycles. The number of hydrogen-bond acceptors (Lipinski definition) is 5. The van der Waals surface area contributed by atoms with Crippen LogP contribution in [0.15, 0.2) is 54.7 Å². The number of primary amides is 1. The van der Waals surface area contributed by atoms with Gasteiger partial charge in [0.2, 0.25) is 5.91 Å². The summed E-state index contributed by atoms with van der Waals surface area (Å²) in [7, 11) is 0. The fourth-order valence-corrected chi connectivity index (χ4v) is 5.74. The van der Waals surface area contributed by atoms with Crippen molar-refractivity contribution < 1.29 is 36.3 Å². The second-order valence-electron chi connectivity index (χ2n) is 10.5. The van der Waals surface area contributed by atoms with Crippen molar-refractivity contribution in [3.8, 4) is 11.1 Å². The van der Waals surface area contributed by atoms with Gasteiger partial charge in [0.15, 0.2) is 5.78 Å². The van der Waals surface area contributed by atoms with Gasteiger partial charge >= 0.3 is 0 Å². The summed E-state index contributed by atoms with van der Waals surface area (Å²) in [6.07, 6.45) is -1.30. The van der Waals surface area contributed by atoms with Gasteiger partial charge in [-0.05, 0) is 60.2 Å². The van der Waals surface area contributed by atoms with Crippen molar-refractivity contribution in [2.75, 3.05) is 0 Å². The molecule has 0 spiro atoms. The summed E-state index contributed by atoms with van der Waals surface area (Å²) in [6, 6.07) is 8.48. The molecule has 0 radical (unpaired) electrons. The van der Waals surface area contributed by atoms with Gasteiger partial charge in [-0.2, -0.15) is 5.10 Å². The van der Waals surface area contributed by atoms with E-state index in [0.717, 1.165) is 22.9 Å². The minimum atomic E-state index is -2.98. The quantitative estimate of drug-likeness (QED) is 0.270. The zero-order valence-electron chi connectivity index (χ0n) is 22.2. The third-order valence-corrected chi connectivity index (χ3v) is 7.67. The molecular formula is C30H22F5N5O3. The molecule has 220 valence electrons. The molecule has 13 heteroatoms. The highest BCUT2D eigenvalue weighted by atomic mass is 19.3. The number of halogens is 5. The van der Waals surface area contributed by atoms with Crippen LogP contribution >= 0.6 is 0 Å². The monoisotopic (exact) mass is 595 g/mol. The summed E-state index contributed by atoms with van der Waals surface area (Å²) >= 11 is 0. The van der Waals surface area contributed by atoms with Crippen molar-refractivity contribution in [2.24, 2.45) is 11.7 Å². The van der Waals surface area contributed by atoms with Gasteiger partial charge in [-0.3, -0.25) is 24.0 Å². The van der Waals surface area contributed by atoms with Crippen LogP contribution in [0, 0.1) is 23.4 Å². The van der Waals surface area contributed by atoms with Crippen LogP contribution in [0.4, 0.5) is 22.0 Å². The van der Waals surface area contributed by atoms with E-state index in [-0.39, 0.29) is 46.6 Å². The number of nitrogens with one attached hydrogen (secondary N) is 1. The smallest absolute Gasteiger partial charge is 0.280 e. The first-order valence-electron chi connectivity index (χ1n) is 13.2. The molecule has 0 aliphatic heterocycles. The van der Waals surface area contributed by atoms with Crippen LogP contribution in [0.2, 0.25) is 0 Å². The lowest BCUT2D eigenvalue weighted by atomic mass is 9.94. The average Bonchev–Trinajstić information content (AvgIpc) is 3.57. The van der Waals surface area contributed by atoms with Gasteiger partial charge in [-0.15, -0.1) is 0 Å². The van der Waals surface area contributed by atoms with Crippen LogP contribution in [0.5, 0.6) is 0 Å². The Labute approximate surface area is 240 Å². The topological polar surface area (TPSA) is 120 Å². The SMILES string of the molecule is NC(=O)c1cc(-c2cccnc2[C@H](Cc2cc(F)cc(F)c2)NC(=O)Cn2nc3c(c2C(F)F)C2CC2C3=O)ccc1F. The van der Waals surface area contributed by atoms with Crippen molar-refractivity contribution in [3.63, 3.8) is 0 Å². The third kappa shape index (κ3) is 5.26. The molecule has 6 rings (SSSR count). The number of carbonyl (C=O) groups is 3. The number of amides is 2. The lowest BCUT2D eigenvalue weighted by Crippen LogP contribution is -2.34. The number of nitrogens with two attached hydrogens (primary N) is 1. The first-order valence-corrected chi connectivity index (χ1v) is 13.2. The van der Waals surface area contributed by atoms with Crippen LogP contribution in [-0.2, 0) is 17.8 Å². The van der Waals surface area contributed by atoms with E-state index in [1.54, 1.807) is 12.1 Å². The maximum Gasteiger partial charge on any atom is 0.280 e. The van der Waals surface area contributed by atoms with Crippen molar-refractivity contribution in [2.45, 2.75) is 37.8 Å². The van der Waals surface area contributed by atoms with E-state index < -0.39 is 59.5 Å². The molecule has 3 N–H and O–H groups in total. The Morgan fingerprint density at radius 3 is 2.49 bits per heavy atom. The summed E-state index contributed by atoms with van der Waals surface area (Å²) < 4.78 is 71.3. The summed E-state index contributed by atoms with van der Waals surface area (Å²) in [4.78, 5) is 41.9. The van der Waals surface area contributed by atoms with Crippen molar-refractivity contribution in [1.29, 1.82) is 0 Å². The number of fused-ring (bicyclic) bond motifs is 3. The average molecular weight is 596 g/mol. The maximum absolute atomic E-state index is 14.2. The fourth-order valence-electron chi connectivity index (χ4n) is 5.74. The molecule has 2 unspecified atom stereocenters. The largest absolute Gasteiger partial charge is 0.366 e. The number of rotatable bonds is 9. The lowest BCUT2D eigenvalue weighted by molar-refractivity contribution is -0.122. The molecule has 8 nitrogen and oxygen atoms in total. The second kappa shape index (κ2) is 10.7. The molecule has 0 saturated heterocycles. The molecule has 3 atom stereocenters. The predicted molar refractivity (Wildman–Crippen MR) is 141 cm³/mol. The van der Waals surface area contributed by atoms with Crippen LogP contribution in [0.3, 0.4) is 0 Å². The van der Waals surface area contributed by atoms with Gasteiger partial charge in [0.1, 0.15) is 35.4 Å². The number of Topliss-reactive ketones (excluding diaryl/α,β-unsaturated/α-hetero) is 1. The summed E-state index contributed by atoms with van der Waals surface area (Å²) in [6.45, 7) is -0.671. The number of alkyl halides is 2. The standard InChI is InChI=1S/C30H22F5N5O3/c31-15-6-13(7-16(32)10-15)8-22(25-17(2-1-5-37-25)14-3-4-21(33)20(9-14)30(36)43)38-23(41)12-40-27(29(34)35)24-18-11-19(18)28(42)26(24)39-40/h1-7,9-10,18-19,22,29H,8,11-12H2,(H2,36,43)(H,38,41)/t18?,19?,22-/m0/s1. The Kier molecular flexibility index (Phi) is 7.03. The molecule has 2 heterocycles. The van der Waals surface area contributed by atoms with Gasteiger partial charge in [-0.1, -0.05) is 12.1 Å². The normalized spacial score (nSPS) is 17.5. The molecule has 2 aliphatic rings. The Morgan fingerprint density at radius 1 is 1.05 bits per heavy atom. The molecule has 2 amide bonds. The number of pyridine rings is 1. The number of carbonyl (C=O) groups excluding carboxylic acids is 3. The van der Waals surface area contributed by atoms with Gasteiger partial charge < -0.3 is 11.1 Å². The first-order chi connectivity index (χ1) is 20.5. The zero-order chi connectivity index (χ0) is 30.6. The summed E-state index contributed by atoms with van der Waals surface area (Å²) in [5, 5.41) is 6.72. The van der Waals surface area contributed by atoms with Crippen LogP contribution in [-0.4, -0.2) is 32.4 Å². The summed E-state index contributed by atoms with van der Waals surface area (Å²) in [5.41, 5.74) is 5.52. The van der Waals surface area contributed by atoms with E-state index in [1.807, 2.05) is 0 Å². The van der Waals surface area contributed by atoms with E-state index in [2.05, 4.69) is 15.4 Å². The minimum absolute atomic E-state index is 0.0512. The van der Waals surface area contributed by atoms with E-state index in [9.17, 15) is 36.3 Å². The number of aromatic nitrogens is 3. The number of hydrogen-bond donors (Lipinski definition) is 2. The van der Waals surface area contributed by atoms with Crippen molar-refractivity contribution in [3.05, 3.63) is 106 Å². The van der Waals surface area contributed by atoms with E-state index in [0.29, 0.717) is 23.6 Å². The van der Waals surface area contributed by atoms with Gasteiger partial charge in [0.05, 0.1) is 17.3 Å². The molecule has 1 saturated carbocycles. The van der Waals surface area contributed by atoms with Crippen molar-refractivity contribution in [1.82, 2.24) is 20.1 Å². The highest BCUT2D eigenvalue weighted by molar-refractivity contribution is 6.04. The van der Waals surface area contributed by atoms with Crippen molar-refractivity contribution >= 4 is 17.6 Å². The van der Waals surface area contributed by atoms with Crippen LogP contribution in [0.25, 0.3) is 11.1 Å². The molecule has 4 aromatic rings. The highest BCUT2D eigenvalue weighted by Gasteiger charge is 2.56. The molecule has 2 aromatic heterocycles. The molecule has 1 fully saturated rings. The molecule has 43 heavy (non-hydrogen) atoms. The van der Waals surface area contributed by atoms with E-state index >= 15 is 0 Å². The molecule has 2 aromatic carbocycles. The van der Waals surface area contributed by atoms with Gasteiger partial charge in [0.25, 0.3) is 12.3 Å². The second-order valence-corrected chi connectivity index (χ2v) is 10.5. The maximum atomic E-state index is 14.2. The Bertz CT molecular complexity index is 1790. The first kappa shape index (κ1) is 28.2.